The summed E-state index contributed by atoms with van der Waals surface area (Å²) in [5.74, 6) is -0.506. The second-order valence-corrected chi connectivity index (χ2v) is 6.49. The summed E-state index contributed by atoms with van der Waals surface area (Å²) in [6.45, 7) is 1.85. The SMILES string of the molecule is Cc1ccc(C(=O)NC2CC2)cc1NC(=O)c1cnc(Cl)c(Cl)c1. The number of aromatic nitrogens is 1. The molecule has 5 nitrogen and oxygen atoms in total. The lowest BCUT2D eigenvalue weighted by Gasteiger charge is -2.11. The lowest BCUT2D eigenvalue weighted by Crippen LogP contribution is -2.25. The molecular formula is C17H15Cl2N3O2. The predicted molar refractivity (Wildman–Crippen MR) is 93.9 cm³/mol. The standard InChI is InChI=1S/C17H15Cl2N3O2/c1-9-2-3-10(16(23)21-12-4-5-12)7-14(9)22-17(24)11-6-13(18)15(19)20-8-11/h2-3,6-8,12H,4-5H2,1H3,(H,21,23)(H,22,24). The number of carbonyl (C=O) groups excluding carboxylic acids is 2. The van der Waals surface area contributed by atoms with E-state index in [-0.39, 0.29) is 33.6 Å². The van der Waals surface area contributed by atoms with E-state index in [0.717, 1.165) is 18.4 Å². The third kappa shape index (κ3) is 3.86. The van der Waals surface area contributed by atoms with E-state index in [0.29, 0.717) is 11.3 Å². The van der Waals surface area contributed by atoms with Gasteiger partial charge >= 0.3 is 0 Å². The van der Waals surface area contributed by atoms with Gasteiger partial charge in [-0.2, -0.15) is 0 Å². The van der Waals surface area contributed by atoms with Crippen molar-refractivity contribution in [2.45, 2.75) is 25.8 Å². The van der Waals surface area contributed by atoms with Crippen molar-refractivity contribution in [3.8, 4) is 0 Å². The highest BCUT2D eigenvalue weighted by Gasteiger charge is 2.24. The summed E-state index contributed by atoms with van der Waals surface area (Å²) in [5.41, 5.74) is 2.21. The van der Waals surface area contributed by atoms with Crippen LogP contribution in [0, 0.1) is 6.92 Å². The van der Waals surface area contributed by atoms with Crippen molar-refractivity contribution < 1.29 is 9.59 Å². The molecule has 0 unspecified atom stereocenters. The van der Waals surface area contributed by atoms with Gasteiger partial charge < -0.3 is 10.6 Å². The van der Waals surface area contributed by atoms with Crippen LogP contribution in [0.4, 0.5) is 5.69 Å². The molecule has 0 spiro atoms. The van der Waals surface area contributed by atoms with Gasteiger partial charge in [0.05, 0.1) is 10.6 Å². The van der Waals surface area contributed by atoms with Crippen molar-refractivity contribution in [3.05, 3.63) is 57.3 Å². The first kappa shape index (κ1) is 16.7. The van der Waals surface area contributed by atoms with Crippen LogP contribution in [-0.4, -0.2) is 22.8 Å². The molecule has 2 amide bonds. The van der Waals surface area contributed by atoms with Gasteiger partial charge in [0.25, 0.3) is 11.8 Å². The Balaban J connectivity index is 1.79. The van der Waals surface area contributed by atoms with Crippen LogP contribution in [0.1, 0.15) is 39.1 Å². The molecule has 0 saturated heterocycles. The van der Waals surface area contributed by atoms with Crippen LogP contribution in [0.15, 0.2) is 30.5 Å². The fourth-order valence-corrected chi connectivity index (χ4v) is 2.40. The number of hydrogen-bond acceptors (Lipinski definition) is 3. The zero-order valence-corrected chi connectivity index (χ0v) is 14.4. The van der Waals surface area contributed by atoms with Crippen LogP contribution in [-0.2, 0) is 0 Å². The summed E-state index contributed by atoms with van der Waals surface area (Å²) in [5, 5.41) is 6.05. The van der Waals surface area contributed by atoms with Crippen LogP contribution in [0.2, 0.25) is 10.2 Å². The number of anilines is 1. The number of carbonyl (C=O) groups is 2. The number of pyridine rings is 1. The molecule has 1 aliphatic carbocycles. The Labute approximate surface area is 149 Å². The third-order valence-electron chi connectivity index (χ3n) is 3.72. The molecular weight excluding hydrogens is 349 g/mol. The highest BCUT2D eigenvalue weighted by Crippen LogP contribution is 2.23. The minimum absolute atomic E-state index is 0.135. The van der Waals surface area contributed by atoms with Gasteiger partial charge in [-0.1, -0.05) is 29.3 Å². The van der Waals surface area contributed by atoms with Gasteiger partial charge in [-0.25, -0.2) is 4.98 Å². The highest BCUT2D eigenvalue weighted by molar-refractivity contribution is 6.41. The number of aryl methyl sites for hydroxylation is 1. The largest absolute Gasteiger partial charge is 0.349 e. The normalized spacial score (nSPS) is 13.5. The lowest BCUT2D eigenvalue weighted by atomic mass is 10.1. The maximum atomic E-state index is 12.3. The molecule has 0 bridgehead atoms. The number of rotatable bonds is 4. The van der Waals surface area contributed by atoms with Crippen molar-refractivity contribution in [3.63, 3.8) is 0 Å². The Bertz CT molecular complexity index is 819. The Morgan fingerprint density at radius 1 is 1.12 bits per heavy atom. The maximum Gasteiger partial charge on any atom is 0.257 e. The average molecular weight is 364 g/mol. The first-order valence-corrected chi connectivity index (χ1v) is 8.23. The van der Waals surface area contributed by atoms with Crippen molar-refractivity contribution >= 4 is 40.7 Å². The quantitative estimate of drug-likeness (QED) is 0.810. The molecule has 0 radical (unpaired) electrons. The predicted octanol–water partition coefficient (Wildman–Crippen LogP) is 3.84. The second-order valence-electron chi connectivity index (χ2n) is 5.73. The van der Waals surface area contributed by atoms with E-state index < -0.39 is 0 Å². The number of benzene rings is 1. The number of nitrogens with zero attached hydrogens (tertiary/aromatic N) is 1. The van der Waals surface area contributed by atoms with Crippen LogP contribution in [0.5, 0.6) is 0 Å². The zero-order valence-electron chi connectivity index (χ0n) is 12.9. The Morgan fingerprint density at radius 2 is 1.88 bits per heavy atom. The molecule has 24 heavy (non-hydrogen) atoms. The van der Waals surface area contributed by atoms with Crippen molar-refractivity contribution in [2.75, 3.05) is 5.32 Å². The van der Waals surface area contributed by atoms with E-state index in [9.17, 15) is 9.59 Å². The van der Waals surface area contributed by atoms with E-state index in [1.165, 1.54) is 12.3 Å². The number of amides is 2. The van der Waals surface area contributed by atoms with Crippen molar-refractivity contribution in [2.24, 2.45) is 0 Å². The number of nitrogens with one attached hydrogen (secondary N) is 2. The molecule has 1 saturated carbocycles. The van der Waals surface area contributed by atoms with Crippen LogP contribution in [0.25, 0.3) is 0 Å². The van der Waals surface area contributed by atoms with Gasteiger partial charge in [0.1, 0.15) is 5.15 Å². The summed E-state index contributed by atoms with van der Waals surface area (Å²) < 4.78 is 0. The molecule has 0 aliphatic heterocycles. The topological polar surface area (TPSA) is 71.1 Å². The molecule has 1 aromatic heterocycles. The zero-order chi connectivity index (χ0) is 17.3. The first-order valence-electron chi connectivity index (χ1n) is 7.48. The fourth-order valence-electron chi connectivity index (χ4n) is 2.13. The van der Waals surface area contributed by atoms with Gasteiger partial charge in [-0.05, 0) is 43.5 Å². The van der Waals surface area contributed by atoms with Gasteiger partial charge in [0.15, 0.2) is 0 Å². The van der Waals surface area contributed by atoms with E-state index in [4.69, 9.17) is 23.2 Å². The molecule has 3 rings (SSSR count). The second kappa shape index (κ2) is 6.79. The summed E-state index contributed by atoms with van der Waals surface area (Å²) in [7, 11) is 0. The van der Waals surface area contributed by atoms with E-state index in [2.05, 4.69) is 15.6 Å². The summed E-state index contributed by atoms with van der Waals surface area (Å²) >= 11 is 11.6. The number of halogens is 2. The van der Waals surface area contributed by atoms with Crippen LogP contribution in [0.3, 0.4) is 0 Å². The Hall–Kier alpha value is -2.11. The molecule has 1 fully saturated rings. The van der Waals surface area contributed by atoms with Crippen molar-refractivity contribution in [1.29, 1.82) is 0 Å². The molecule has 2 N–H and O–H groups in total. The van der Waals surface area contributed by atoms with Crippen molar-refractivity contribution in [1.82, 2.24) is 10.3 Å². The van der Waals surface area contributed by atoms with Gasteiger partial charge in [-0.15, -0.1) is 0 Å². The molecule has 1 heterocycles. The summed E-state index contributed by atoms with van der Waals surface area (Å²) in [4.78, 5) is 28.3. The lowest BCUT2D eigenvalue weighted by molar-refractivity contribution is 0.0949. The minimum Gasteiger partial charge on any atom is -0.349 e. The van der Waals surface area contributed by atoms with E-state index in [1.54, 1.807) is 18.2 Å². The molecule has 1 aromatic carbocycles. The minimum atomic E-state index is -0.371. The summed E-state index contributed by atoms with van der Waals surface area (Å²) in [6.07, 6.45) is 3.39. The molecule has 0 atom stereocenters. The van der Waals surface area contributed by atoms with Gasteiger partial charge in [0, 0.05) is 23.5 Å². The smallest absolute Gasteiger partial charge is 0.257 e. The summed E-state index contributed by atoms with van der Waals surface area (Å²) in [6, 6.07) is 6.92. The average Bonchev–Trinajstić information content (AvgIpc) is 3.36. The van der Waals surface area contributed by atoms with E-state index in [1.807, 2.05) is 6.92 Å². The number of hydrogen-bond donors (Lipinski definition) is 2. The monoisotopic (exact) mass is 363 g/mol. The van der Waals surface area contributed by atoms with Crippen LogP contribution < -0.4 is 10.6 Å². The molecule has 1 aliphatic rings. The fraction of sp³-hybridized carbons (Fsp3) is 0.235. The Kier molecular flexibility index (Phi) is 4.73. The molecule has 7 heteroatoms. The molecule has 2 aromatic rings. The highest BCUT2D eigenvalue weighted by atomic mass is 35.5. The van der Waals surface area contributed by atoms with Gasteiger partial charge in [-0.3, -0.25) is 9.59 Å². The first-order chi connectivity index (χ1) is 11.4. The van der Waals surface area contributed by atoms with Crippen LogP contribution >= 0.6 is 23.2 Å². The maximum absolute atomic E-state index is 12.3. The van der Waals surface area contributed by atoms with Gasteiger partial charge in [0.2, 0.25) is 0 Å². The Morgan fingerprint density at radius 3 is 2.54 bits per heavy atom. The molecule has 124 valence electrons. The third-order valence-corrected chi connectivity index (χ3v) is 4.41. The van der Waals surface area contributed by atoms with E-state index >= 15 is 0 Å².